The van der Waals surface area contributed by atoms with E-state index in [-0.39, 0.29) is 0 Å². The van der Waals surface area contributed by atoms with Gasteiger partial charge in [0, 0.05) is 6.04 Å². The van der Waals surface area contributed by atoms with Crippen LogP contribution in [-0.2, 0) is 6.42 Å². The summed E-state index contributed by atoms with van der Waals surface area (Å²) >= 11 is 0. The second-order valence-corrected chi connectivity index (χ2v) is 6.73. The number of aromatic hydroxyl groups is 1. The second kappa shape index (κ2) is 6.62. The van der Waals surface area contributed by atoms with Crippen LogP contribution in [0.4, 0.5) is 0 Å². The minimum absolute atomic E-state index is 0.370. The number of hydrogen-bond acceptors (Lipinski definition) is 2. The van der Waals surface area contributed by atoms with Crippen LogP contribution in [0.3, 0.4) is 0 Å². The molecule has 1 heterocycles. The van der Waals surface area contributed by atoms with Gasteiger partial charge in [0.1, 0.15) is 5.75 Å². The first-order chi connectivity index (χ1) is 9.50. The fraction of sp³-hybridized carbons (Fsp3) is 0.667. The largest absolute Gasteiger partial charge is 0.507 e. The van der Waals surface area contributed by atoms with Crippen molar-refractivity contribution in [2.75, 3.05) is 6.54 Å². The highest BCUT2D eigenvalue weighted by Gasteiger charge is 2.21. The molecule has 2 N–H and O–H groups in total. The van der Waals surface area contributed by atoms with Gasteiger partial charge in [-0.2, -0.15) is 0 Å². The summed E-state index contributed by atoms with van der Waals surface area (Å²) in [7, 11) is 0. The zero-order chi connectivity index (χ0) is 14.7. The van der Waals surface area contributed by atoms with Crippen LogP contribution in [0.15, 0.2) is 12.1 Å². The highest BCUT2D eigenvalue weighted by atomic mass is 16.3. The monoisotopic (exact) mass is 275 g/mol. The van der Waals surface area contributed by atoms with E-state index < -0.39 is 0 Å². The summed E-state index contributed by atoms with van der Waals surface area (Å²) in [6.45, 7) is 9.83. The Balaban J connectivity index is 2.33. The number of phenols is 1. The maximum absolute atomic E-state index is 10.7. The van der Waals surface area contributed by atoms with Crippen LogP contribution in [0.1, 0.15) is 75.5 Å². The number of rotatable bonds is 4. The Hall–Kier alpha value is -1.02. The van der Waals surface area contributed by atoms with E-state index in [2.05, 4.69) is 45.1 Å². The van der Waals surface area contributed by atoms with Crippen LogP contribution in [0.25, 0.3) is 0 Å². The van der Waals surface area contributed by atoms with Crippen molar-refractivity contribution in [3.05, 3.63) is 28.8 Å². The third-order valence-electron chi connectivity index (χ3n) is 4.46. The Bertz CT molecular complexity index is 445. The average molecular weight is 275 g/mol. The molecule has 1 atom stereocenters. The Kier molecular flexibility index (Phi) is 5.09. The molecule has 0 saturated carbocycles. The lowest BCUT2D eigenvalue weighted by Gasteiger charge is -2.26. The first-order valence-electron chi connectivity index (χ1n) is 8.08. The van der Waals surface area contributed by atoms with Crippen LogP contribution >= 0.6 is 0 Å². The molecule has 1 aromatic rings. The molecular formula is C18H29NO. The third-order valence-corrected chi connectivity index (χ3v) is 4.46. The normalized spacial score (nSPS) is 19.8. The Morgan fingerprint density at radius 2 is 1.75 bits per heavy atom. The molecule has 2 heteroatoms. The SMILES string of the molecule is CC(C)c1ccc(C(C)C)c(CC2CCCCN2)c1O. The Morgan fingerprint density at radius 1 is 1.10 bits per heavy atom. The highest BCUT2D eigenvalue weighted by molar-refractivity contribution is 5.48. The van der Waals surface area contributed by atoms with Gasteiger partial charge in [0.2, 0.25) is 0 Å². The van der Waals surface area contributed by atoms with Gasteiger partial charge in [0.25, 0.3) is 0 Å². The van der Waals surface area contributed by atoms with Gasteiger partial charge in [-0.05, 0) is 54.3 Å². The predicted molar refractivity (Wildman–Crippen MR) is 85.6 cm³/mol. The first kappa shape index (κ1) is 15.4. The van der Waals surface area contributed by atoms with E-state index in [0.29, 0.717) is 23.6 Å². The molecule has 0 radical (unpaired) electrons. The summed E-state index contributed by atoms with van der Waals surface area (Å²) in [4.78, 5) is 0. The molecule has 1 aliphatic heterocycles. The highest BCUT2D eigenvalue weighted by Crippen LogP contribution is 2.35. The van der Waals surface area contributed by atoms with E-state index in [0.717, 1.165) is 18.5 Å². The maximum atomic E-state index is 10.7. The standard InChI is InChI=1S/C18H29NO/c1-12(2)15-8-9-16(13(3)4)18(20)17(15)11-14-7-5-6-10-19-14/h8-9,12-14,19-20H,5-7,10-11H2,1-4H3. The molecule has 2 rings (SSSR count). The van der Waals surface area contributed by atoms with E-state index >= 15 is 0 Å². The van der Waals surface area contributed by atoms with Crippen molar-refractivity contribution in [1.29, 1.82) is 0 Å². The predicted octanol–water partition coefficient (Wildman–Crippen LogP) is 4.32. The lowest BCUT2D eigenvalue weighted by atomic mass is 9.86. The molecule has 1 fully saturated rings. The summed E-state index contributed by atoms with van der Waals surface area (Å²) in [6.07, 6.45) is 4.77. The zero-order valence-corrected chi connectivity index (χ0v) is 13.4. The van der Waals surface area contributed by atoms with E-state index in [1.165, 1.54) is 30.4 Å². The summed E-state index contributed by atoms with van der Waals surface area (Å²) < 4.78 is 0. The molecule has 1 saturated heterocycles. The summed E-state index contributed by atoms with van der Waals surface area (Å²) in [6, 6.07) is 4.85. The summed E-state index contributed by atoms with van der Waals surface area (Å²) in [5, 5.41) is 14.3. The van der Waals surface area contributed by atoms with Gasteiger partial charge in [-0.15, -0.1) is 0 Å². The first-order valence-corrected chi connectivity index (χ1v) is 8.08. The van der Waals surface area contributed by atoms with Gasteiger partial charge >= 0.3 is 0 Å². The van der Waals surface area contributed by atoms with Crippen molar-refractivity contribution in [2.45, 2.75) is 71.3 Å². The zero-order valence-electron chi connectivity index (χ0n) is 13.4. The molecule has 0 aromatic heterocycles. The van der Waals surface area contributed by atoms with Gasteiger partial charge < -0.3 is 10.4 Å². The number of hydrogen-bond donors (Lipinski definition) is 2. The van der Waals surface area contributed by atoms with Crippen LogP contribution in [0.5, 0.6) is 5.75 Å². The number of nitrogens with one attached hydrogen (secondary N) is 1. The molecule has 0 amide bonds. The molecular weight excluding hydrogens is 246 g/mol. The van der Waals surface area contributed by atoms with Gasteiger partial charge in [0.15, 0.2) is 0 Å². The quantitative estimate of drug-likeness (QED) is 0.857. The van der Waals surface area contributed by atoms with Crippen molar-refractivity contribution < 1.29 is 5.11 Å². The van der Waals surface area contributed by atoms with Gasteiger partial charge in [-0.3, -0.25) is 0 Å². The average Bonchev–Trinajstić information content (AvgIpc) is 2.41. The minimum atomic E-state index is 0.370. The lowest BCUT2D eigenvalue weighted by molar-refractivity contribution is 0.389. The molecule has 2 nitrogen and oxygen atoms in total. The van der Waals surface area contributed by atoms with E-state index in [4.69, 9.17) is 0 Å². The maximum Gasteiger partial charge on any atom is 0.122 e. The molecule has 1 unspecified atom stereocenters. The molecule has 1 aromatic carbocycles. The number of benzene rings is 1. The molecule has 1 aliphatic rings. The summed E-state index contributed by atoms with van der Waals surface area (Å²) in [5.41, 5.74) is 3.56. The van der Waals surface area contributed by atoms with Crippen molar-refractivity contribution in [2.24, 2.45) is 0 Å². The van der Waals surface area contributed by atoms with E-state index in [9.17, 15) is 5.11 Å². The fourth-order valence-electron chi connectivity index (χ4n) is 3.24. The molecule has 0 bridgehead atoms. The smallest absolute Gasteiger partial charge is 0.122 e. The van der Waals surface area contributed by atoms with Crippen molar-refractivity contribution >= 4 is 0 Å². The molecule has 112 valence electrons. The molecule has 0 aliphatic carbocycles. The van der Waals surface area contributed by atoms with E-state index in [1.807, 2.05) is 0 Å². The Labute approximate surface area is 123 Å². The Morgan fingerprint density at radius 3 is 2.30 bits per heavy atom. The number of phenolic OH excluding ortho intramolecular Hbond substituents is 1. The lowest BCUT2D eigenvalue weighted by Crippen LogP contribution is -2.35. The van der Waals surface area contributed by atoms with Gasteiger partial charge in [-0.25, -0.2) is 0 Å². The van der Waals surface area contributed by atoms with Crippen LogP contribution in [-0.4, -0.2) is 17.7 Å². The molecule has 20 heavy (non-hydrogen) atoms. The molecule has 0 spiro atoms. The third kappa shape index (κ3) is 3.35. The fourth-order valence-corrected chi connectivity index (χ4v) is 3.24. The second-order valence-electron chi connectivity index (χ2n) is 6.73. The van der Waals surface area contributed by atoms with Crippen LogP contribution < -0.4 is 5.32 Å². The van der Waals surface area contributed by atoms with Gasteiger partial charge in [0.05, 0.1) is 0 Å². The van der Waals surface area contributed by atoms with Crippen LogP contribution in [0.2, 0.25) is 0 Å². The summed E-state index contributed by atoms with van der Waals surface area (Å²) in [5.74, 6) is 1.37. The van der Waals surface area contributed by atoms with Gasteiger partial charge in [-0.1, -0.05) is 46.2 Å². The van der Waals surface area contributed by atoms with E-state index in [1.54, 1.807) is 0 Å². The van der Waals surface area contributed by atoms with Crippen molar-refractivity contribution in [1.82, 2.24) is 5.32 Å². The van der Waals surface area contributed by atoms with Crippen molar-refractivity contribution in [3.8, 4) is 5.75 Å². The topological polar surface area (TPSA) is 32.3 Å². The minimum Gasteiger partial charge on any atom is -0.507 e. The number of piperidine rings is 1. The van der Waals surface area contributed by atoms with Crippen LogP contribution in [0, 0.1) is 0 Å². The van der Waals surface area contributed by atoms with Crippen molar-refractivity contribution in [3.63, 3.8) is 0 Å².